The van der Waals surface area contributed by atoms with E-state index < -0.39 is 29.4 Å². The number of ether oxygens (including phenoxy) is 2. The molecule has 30 heavy (non-hydrogen) atoms. The Hall–Kier alpha value is -2.04. The lowest BCUT2D eigenvalue weighted by molar-refractivity contribution is -0.258. The van der Waals surface area contributed by atoms with Crippen LogP contribution < -0.4 is 5.32 Å². The molecule has 1 aromatic rings. The Kier molecular flexibility index (Phi) is 6.22. The molecule has 10 nitrogen and oxygen atoms in total. The summed E-state index contributed by atoms with van der Waals surface area (Å²) in [5, 5.41) is 21.2. The number of methoxy groups -OCH3 is 2. The smallest absolute Gasteiger partial charge is 0.248 e. The van der Waals surface area contributed by atoms with Gasteiger partial charge in [-0.3, -0.25) is 9.59 Å². The predicted octanol–water partition coefficient (Wildman–Crippen LogP) is 0.440. The SMILES string of the molecule is CNC(=O)[C@@H]1C[C@@H](O)CN1C(=O)[C@@H](n1cc(C2CC(OC)(OC)C2)nn1)C(C)(C)C. The molecular weight excluding hydrogens is 390 g/mol. The summed E-state index contributed by atoms with van der Waals surface area (Å²) in [6.07, 6.45) is 2.64. The Morgan fingerprint density at radius 3 is 2.47 bits per heavy atom. The maximum Gasteiger partial charge on any atom is 0.248 e. The third-order valence-electron chi connectivity index (χ3n) is 6.24. The minimum absolute atomic E-state index is 0.123. The van der Waals surface area contributed by atoms with E-state index in [2.05, 4.69) is 15.6 Å². The fourth-order valence-electron chi connectivity index (χ4n) is 4.43. The van der Waals surface area contributed by atoms with Gasteiger partial charge in [-0.1, -0.05) is 26.0 Å². The van der Waals surface area contributed by atoms with E-state index in [4.69, 9.17) is 9.47 Å². The van der Waals surface area contributed by atoms with Crippen molar-refractivity contribution in [2.45, 2.75) is 69.9 Å². The number of aliphatic hydroxyl groups excluding tert-OH is 1. The fraction of sp³-hybridized carbons (Fsp3) is 0.800. The van der Waals surface area contributed by atoms with Gasteiger partial charge in [-0.25, -0.2) is 4.68 Å². The average molecular weight is 424 g/mol. The molecule has 2 aliphatic rings. The predicted molar refractivity (Wildman–Crippen MR) is 107 cm³/mol. The molecule has 2 fully saturated rings. The van der Waals surface area contributed by atoms with Crippen molar-refractivity contribution in [3.63, 3.8) is 0 Å². The first-order valence-corrected chi connectivity index (χ1v) is 10.3. The largest absolute Gasteiger partial charge is 0.391 e. The van der Waals surface area contributed by atoms with Crippen molar-refractivity contribution in [3.8, 4) is 0 Å². The number of carbonyl (C=O) groups excluding carboxylic acids is 2. The number of nitrogens with one attached hydrogen (secondary N) is 1. The standard InChI is InChI=1S/C20H33N5O5/c1-19(2,3)16(18(28)24-10-13(26)7-15(24)17(27)21-4)25-11-14(22-23-25)12-8-20(9-12,29-5)30-6/h11-13,15-16,26H,7-10H2,1-6H3,(H,21,27)/t13-,15+,16-/m1/s1. The lowest BCUT2D eigenvalue weighted by Gasteiger charge is -2.44. The Morgan fingerprint density at radius 2 is 1.93 bits per heavy atom. The fourth-order valence-corrected chi connectivity index (χ4v) is 4.43. The summed E-state index contributed by atoms with van der Waals surface area (Å²) in [5.41, 5.74) is 0.303. The molecule has 3 atom stereocenters. The van der Waals surface area contributed by atoms with Gasteiger partial charge < -0.3 is 24.8 Å². The summed E-state index contributed by atoms with van der Waals surface area (Å²) in [6, 6.07) is -1.35. The molecule has 10 heteroatoms. The third-order valence-corrected chi connectivity index (χ3v) is 6.24. The zero-order valence-corrected chi connectivity index (χ0v) is 18.6. The molecule has 2 heterocycles. The quantitative estimate of drug-likeness (QED) is 0.637. The number of likely N-dealkylation sites (N-methyl/N-ethyl adjacent to an activating group) is 1. The molecule has 1 aromatic heterocycles. The lowest BCUT2D eigenvalue weighted by atomic mass is 9.77. The molecule has 168 valence electrons. The van der Waals surface area contributed by atoms with E-state index in [1.54, 1.807) is 25.1 Å². The summed E-state index contributed by atoms with van der Waals surface area (Å²) < 4.78 is 12.5. The van der Waals surface area contributed by atoms with Crippen LogP contribution in [0, 0.1) is 5.41 Å². The van der Waals surface area contributed by atoms with Gasteiger partial charge in [-0.15, -0.1) is 5.10 Å². The number of amides is 2. The van der Waals surface area contributed by atoms with Crippen LogP contribution in [0.3, 0.4) is 0 Å². The molecule has 0 aromatic carbocycles. The van der Waals surface area contributed by atoms with Gasteiger partial charge in [0.05, 0.1) is 11.8 Å². The zero-order valence-electron chi connectivity index (χ0n) is 18.6. The molecule has 0 unspecified atom stereocenters. The van der Waals surface area contributed by atoms with Crippen LogP contribution in [-0.4, -0.2) is 82.6 Å². The van der Waals surface area contributed by atoms with Crippen LogP contribution in [0.2, 0.25) is 0 Å². The number of hydrogen-bond acceptors (Lipinski definition) is 7. The van der Waals surface area contributed by atoms with Crippen LogP contribution in [0.5, 0.6) is 0 Å². The monoisotopic (exact) mass is 423 g/mol. The number of likely N-dealkylation sites (tertiary alicyclic amines) is 1. The Balaban J connectivity index is 1.83. The van der Waals surface area contributed by atoms with Crippen molar-refractivity contribution in [2.75, 3.05) is 27.8 Å². The molecule has 0 radical (unpaired) electrons. The van der Waals surface area contributed by atoms with Gasteiger partial charge in [0.15, 0.2) is 5.79 Å². The summed E-state index contributed by atoms with van der Waals surface area (Å²) in [5.74, 6) is -0.973. The summed E-state index contributed by atoms with van der Waals surface area (Å²) in [4.78, 5) is 27.3. The second-order valence-corrected chi connectivity index (χ2v) is 9.33. The first-order chi connectivity index (χ1) is 14.0. The van der Waals surface area contributed by atoms with Crippen molar-refractivity contribution < 1.29 is 24.2 Å². The Bertz CT molecular complexity index is 777. The van der Waals surface area contributed by atoms with E-state index >= 15 is 0 Å². The van der Waals surface area contributed by atoms with Crippen molar-refractivity contribution in [3.05, 3.63) is 11.9 Å². The van der Waals surface area contributed by atoms with Crippen molar-refractivity contribution in [1.82, 2.24) is 25.2 Å². The first kappa shape index (κ1) is 22.6. The van der Waals surface area contributed by atoms with E-state index in [0.717, 1.165) is 5.69 Å². The average Bonchev–Trinajstić information content (AvgIpc) is 3.27. The van der Waals surface area contributed by atoms with E-state index in [1.807, 2.05) is 20.8 Å². The molecule has 2 amide bonds. The van der Waals surface area contributed by atoms with E-state index in [1.165, 1.54) is 11.9 Å². The van der Waals surface area contributed by atoms with Crippen LogP contribution in [-0.2, 0) is 19.1 Å². The highest BCUT2D eigenvalue weighted by molar-refractivity contribution is 5.90. The first-order valence-electron chi connectivity index (χ1n) is 10.3. The summed E-state index contributed by atoms with van der Waals surface area (Å²) >= 11 is 0. The van der Waals surface area contributed by atoms with Crippen molar-refractivity contribution in [1.29, 1.82) is 0 Å². The zero-order chi connectivity index (χ0) is 22.3. The van der Waals surface area contributed by atoms with E-state index in [9.17, 15) is 14.7 Å². The molecule has 2 N–H and O–H groups in total. The van der Waals surface area contributed by atoms with E-state index in [0.29, 0.717) is 12.8 Å². The number of rotatable bonds is 6. The summed E-state index contributed by atoms with van der Waals surface area (Å²) in [6.45, 7) is 5.96. The second kappa shape index (κ2) is 8.24. The van der Waals surface area contributed by atoms with Gasteiger partial charge in [0.1, 0.15) is 12.1 Å². The van der Waals surface area contributed by atoms with Crippen molar-refractivity contribution in [2.24, 2.45) is 5.41 Å². The maximum absolute atomic E-state index is 13.5. The number of β-amino-alcohol motifs (C(OH)–C–C–N with tert-alkyl or cyclic N) is 1. The molecule has 1 aliphatic carbocycles. The van der Waals surface area contributed by atoms with E-state index in [-0.39, 0.29) is 30.7 Å². The Labute approximate surface area is 176 Å². The minimum atomic E-state index is -0.727. The number of carbonyl (C=O) groups is 2. The normalized spacial score (nSPS) is 25.1. The van der Waals surface area contributed by atoms with Gasteiger partial charge in [-0.2, -0.15) is 0 Å². The molecular formula is C20H33N5O5. The molecule has 1 saturated carbocycles. The van der Waals surface area contributed by atoms with Crippen LogP contribution in [0.4, 0.5) is 0 Å². The molecule has 3 rings (SSSR count). The highest BCUT2D eigenvalue weighted by atomic mass is 16.7. The van der Waals surface area contributed by atoms with Crippen molar-refractivity contribution >= 4 is 11.8 Å². The van der Waals surface area contributed by atoms with Gasteiger partial charge in [-0.05, 0) is 5.41 Å². The molecule has 0 spiro atoms. The maximum atomic E-state index is 13.5. The topological polar surface area (TPSA) is 119 Å². The van der Waals surface area contributed by atoms with Crippen LogP contribution in [0.25, 0.3) is 0 Å². The van der Waals surface area contributed by atoms with Gasteiger partial charge >= 0.3 is 0 Å². The third kappa shape index (κ3) is 4.08. The minimum Gasteiger partial charge on any atom is -0.391 e. The molecule has 1 aliphatic heterocycles. The number of aromatic nitrogens is 3. The highest BCUT2D eigenvalue weighted by Gasteiger charge is 2.48. The van der Waals surface area contributed by atoms with Gasteiger partial charge in [0.2, 0.25) is 11.8 Å². The van der Waals surface area contributed by atoms with Crippen LogP contribution in [0.1, 0.15) is 57.7 Å². The second-order valence-electron chi connectivity index (χ2n) is 9.33. The lowest BCUT2D eigenvalue weighted by Crippen LogP contribution is -2.49. The molecule has 0 bridgehead atoms. The van der Waals surface area contributed by atoms with Crippen LogP contribution in [0.15, 0.2) is 6.20 Å². The molecule has 1 saturated heterocycles. The number of hydrogen-bond donors (Lipinski definition) is 2. The summed E-state index contributed by atoms with van der Waals surface area (Å²) in [7, 11) is 4.77. The number of nitrogens with zero attached hydrogens (tertiary/aromatic N) is 4. The number of aliphatic hydroxyl groups is 1. The van der Waals surface area contributed by atoms with Gasteiger partial charge in [0, 0.05) is 59.2 Å². The Morgan fingerprint density at radius 1 is 1.30 bits per heavy atom. The van der Waals surface area contributed by atoms with Gasteiger partial charge in [0.25, 0.3) is 0 Å². The van der Waals surface area contributed by atoms with Crippen LogP contribution >= 0.6 is 0 Å². The highest BCUT2D eigenvalue weighted by Crippen LogP contribution is 2.47.